The summed E-state index contributed by atoms with van der Waals surface area (Å²) in [6, 6.07) is 0. The van der Waals surface area contributed by atoms with E-state index in [1.807, 2.05) is 13.8 Å². The monoisotopic (exact) mass is 602 g/mol. The zero-order valence-electron chi connectivity index (χ0n) is 28.9. The molecule has 0 bridgehead atoms. The number of ketones is 4. The number of carbonyl (C=O) groups excluding carboxylic acids is 4. The minimum atomic E-state index is -1.36. The molecule has 0 aromatic rings. The summed E-state index contributed by atoms with van der Waals surface area (Å²) in [6.07, 6.45) is -3.96. The van der Waals surface area contributed by atoms with Gasteiger partial charge in [0.2, 0.25) is 0 Å². The summed E-state index contributed by atoms with van der Waals surface area (Å²) in [6.45, 7) is 26.2. The van der Waals surface area contributed by atoms with Gasteiger partial charge in [-0.05, 0) is 103 Å². The second-order valence-corrected chi connectivity index (χ2v) is 14.5. The molecule has 0 aliphatic carbocycles. The highest BCUT2D eigenvalue weighted by Gasteiger charge is 2.48. The molecule has 0 fully saturated rings. The van der Waals surface area contributed by atoms with Crippen LogP contribution in [0.4, 0.5) is 0 Å². The first kappa shape index (κ1) is 40.4. The molecule has 10 heteroatoms. The highest BCUT2D eigenvalue weighted by molar-refractivity contribution is 5.93. The van der Waals surface area contributed by atoms with Crippen LogP contribution in [-0.4, -0.2) is 92.4 Å². The highest BCUT2D eigenvalue weighted by Crippen LogP contribution is 2.38. The Kier molecular flexibility index (Phi) is 13.5. The quantitative estimate of drug-likeness (QED) is 0.221. The number of carbonyl (C=O) groups is 4. The van der Waals surface area contributed by atoms with Gasteiger partial charge in [-0.15, -0.1) is 0 Å². The second-order valence-electron chi connectivity index (χ2n) is 14.5. The molecule has 4 atom stereocenters. The van der Waals surface area contributed by atoms with Crippen molar-refractivity contribution in [2.45, 2.75) is 170 Å². The molecule has 0 amide bonds. The maximum atomic E-state index is 13.5. The molecule has 0 heterocycles. The molecule has 10 nitrogen and oxygen atoms in total. The summed E-state index contributed by atoms with van der Waals surface area (Å²) in [4.78, 5) is 51.3. The molecular weight excluding hydrogens is 544 g/mol. The molecule has 0 aliphatic heterocycles. The van der Waals surface area contributed by atoms with Gasteiger partial charge in [0, 0.05) is 0 Å². The molecule has 4 unspecified atom stereocenters. The van der Waals surface area contributed by atoms with E-state index in [1.165, 1.54) is 41.5 Å². The van der Waals surface area contributed by atoms with Crippen molar-refractivity contribution in [2.24, 2.45) is 5.41 Å². The van der Waals surface area contributed by atoms with E-state index in [2.05, 4.69) is 0 Å². The van der Waals surface area contributed by atoms with Crippen LogP contribution in [0.2, 0.25) is 0 Å². The molecular formula is C32H58O10. The van der Waals surface area contributed by atoms with Gasteiger partial charge in [0.15, 0.2) is 23.1 Å². The zero-order chi connectivity index (χ0) is 33.9. The normalized spacial score (nSPS) is 16.9. The van der Waals surface area contributed by atoms with Gasteiger partial charge >= 0.3 is 0 Å². The lowest BCUT2D eigenvalue weighted by Crippen LogP contribution is -2.53. The first-order valence-corrected chi connectivity index (χ1v) is 14.7. The summed E-state index contributed by atoms with van der Waals surface area (Å²) >= 11 is 0. The summed E-state index contributed by atoms with van der Waals surface area (Å²) in [5.41, 5.74) is -6.73. The van der Waals surface area contributed by atoms with Gasteiger partial charge in [0.1, 0.15) is 41.2 Å². The molecule has 0 saturated carbocycles. The third-order valence-corrected chi connectivity index (χ3v) is 8.04. The third kappa shape index (κ3) is 10.6. The number of Topliss-reactive ketones (excluding diaryl/α,β-unsaturated/α-hetero) is 4. The van der Waals surface area contributed by atoms with Crippen LogP contribution in [0.15, 0.2) is 0 Å². The minimum absolute atomic E-state index is 0.212. The molecule has 0 radical (unpaired) electrons. The van der Waals surface area contributed by atoms with E-state index >= 15 is 0 Å². The number of hydrogen-bond donors (Lipinski definition) is 2. The Balaban J connectivity index is 5.40. The Morgan fingerprint density at radius 3 is 1.29 bits per heavy atom. The van der Waals surface area contributed by atoms with Crippen molar-refractivity contribution in [3.8, 4) is 0 Å². The lowest BCUT2D eigenvalue weighted by Gasteiger charge is -2.43. The number of aliphatic hydroxyl groups is 2. The van der Waals surface area contributed by atoms with Crippen LogP contribution in [0.5, 0.6) is 0 Å². The highest BCUT2D eigenvalue weighted by atomic mass is 16.5. The number of hydrogen-bond acceptors (Lipinski definition) is 10. The predicted molar refractivity (Wildman–Crippen MR) is 160 cm³/mol. The van der Waals surface area contributed by atoms with Crippen LogP contribution < -0.4 is 0 Å². The predicted octanol–water partition coefficient (Wildman–Crippen LogP) is 4.18. The number of rotatable bonds is 19. The minimum Gasteiger partial charge on any atom is -0.385 e. The molecule has 0 aromatic heterocycles. The standard InChI is InChI=1S/C32H58O10/c1-19(33)23(35)29(9,10)40-21(3)25(37)28(7,8)32(15,16)39-18-17-27(5,6)42-31(13,14)26(38)22(4)41-30(11,12)24(36)20(2)34/h19-22,33-34H,17-18H2,1-16H3. The van der Waals surface area contributed by atoms with E-state index in [0.717, 1.165) is 0 Å². The molecule has 2 N–H and O–H groups in total. The third-order valence-electron chi connectivity index (χ3n) is 8.04. The van der Waals surface area contributed by atoms with E-state index in [9.17, 15) is 29.4 Å². The first-order chi connectivity index (χ1) is 18.4. The van der Waals surface area contributed by atoms with Crippen molar-refractivity contribution in [1.29, 1.82) is 0 Å². The molecule has 0 aliphatic rings. The van der Waals surface area contributed by atoms with E-state index in [-0.39, 0.29) is 18.2 Å². The lowest BCUT2D eigenvalue weighted by atomic mass is 9.72. The Morgan fingerprint density at radius 2 is 0.929 bits per heavy atom. The number of aliphatic hydroxyl groups excluding tert-OH is 2. The smallest absolute Gasteiger partial charge is 0.192 e. The lowest BCUT2D eigenvalue weighted by molar-refractivity contribution is -0.187. The van der Waals surface area contributed by atoms with Crippen molar-refractivity contribution >= 4 is 23.1 Å². The van der Waals surface area contributed by atoms with Crippen molar-refractivity contribution < 1.29 is 48.3 Å². The molecule has 0 aromatic carbocycles. The molecule has 0 rings (SSSR count). The summed E-state index contributed by atoms with van der Waals surface area (Å²) in [5.74, 6) is -1.66. The molecule has 42 heavy (non-hydrogen) atoms. The average Bonchev–Trinajstić information content (AvgIpc) is 2.79. The Hall–Kier alpha value is -1.56. The maximum Gasteiger partial charge on any atom is 0.192 e. The van der Waals surface area contributed by atoms with Crippen LogP contribution in [0.1, 0.15) is 117 Å². The topological polar surface area (TPSA) is 146 Å². The van der Waals surface area contributed by atoms with Crippen LogP contribution in [0.3, 0.4) is 0 Å². The van der Waals surface area contributed by atoms with Gasteiger partial charge in [-0.1, -0.05) is 13.8 Å². The average molecular weight is 603 g/mol. The largest absolute Gasteiger partial charge is 0.385 e. The fourth-order valence-corrected chi connectivity index (χ4v) is 4.93. The Bertz CT molecular complexity index is 970. The van der Waals surface area contributed by atoms with E-state index in [0.29, 0.717) is 6.42 Å². The molecule has 0 saturated heterocycles. The summed E-state index contributed by atoms with van der Waals surface area (Å²) < 4.78 is 24.0. The fourth-order valence-electron chi connectivity index (χ4n) is 4.93. The van der Waals surface area contributed by atoms with E-state index in [4.69, 9.17) is 18.9 Å². The van der Waals surface area contributed by atoms with Gasteiger partial charge < -0.3 is 29.2 Å². The van der Waals surface area contributed by atoms with Crippen molar-refractivity contribution in [1.82, 2.24) is 0 Å². The maximum absolute atomic E-state index is 13.5. The Morgan fingerprint density at radius 1 is 0.571 bits per heavy atom. The Labute approximate surface area is 253 Å². The van der Waals surface area contributed by atoms with Gasteiger partial charge in [0.05, 0.1) is 23.2 Å². The van der Waals surface area contributed by atoms with Crippen molar-refractivity contribution in [3.63, 3.8) is 0 Å². The molecule has 0 spiro atoms. The van der Waals surface area contributed by atoms with E-state index in [1.54, 1.807) is 55.4 Å². The van der Waals surface area contributed by atoms with Gasteiger partial charge in [-0.25, -0.2) is 0 Å². The number of ether oxygens (including phenoxy) is 4. The van der Waals surface area contributed by atoms with Crippen LogP contribution in [0.25, 0.3) is 0 Å². The summed E-state index contributed by atoms with van der Waals surface area (Å²) in [5, 5.41) is 19.3. The zero-order valence-corrected chi connectivity index (χ0v) is 28.9. The fraction of sp³-hybridized carbons (Fsp3) is 0.875. The van der Waals surface area contributed by atoms with Crippen molar-refractivity contribution in [3.05, 3.63) is 0 Å². The first-order valence-electron chi connectivity index (χ1n) is 14.7. The summed E-state index contributed by atoms with van der Waals surface area (Å²) in [7, 11) is 0. The van der Waals surface area contributed by atoms with Gasteiger partial charge in [-0.3, -0.25) is 19.2 Å². The van der Waals surface area contributed by atoms with Crippen molar-refractivity contribution in [2.75, 3.05) is 6.61 Å². The second kappa shape index (κ2) is 14.0. The van der Waals surface area contributed by atoms with Gasteiger partial charge in [0.25, 0.3) is 0 Å². The van der Waals surface area contributed by atoms with Crippen LogP contribution >= 0.6 is 0 Å². The van der Waals surface area contributed by atoms with Crippen LogP contribution in [-0.2, 0) is 38.1 Å². The SMILES string of the molecule is CC(O)C(=O)C(C)(C)OC(C)C(=O)C(C)(C)OC(C)(C)CCOC(C)(C)C(C)(C)C(=O)C(C)OC(C)(C)C(=O)C(C)O. The van der Waals surface area contributed by atoms with E-state index < -0.39 is 69.4 Å². The van der Waals surface area contributed by atoms with Gasteiger partial charge in [-0.2, -0.15) is 0 Å². The van der Waals surface area contributed by atoms with Crippen LogP contribution in [0, 0.1) is 5.41 Å². The molecule has 246 valence electrons.